The second-order valence-corrected chi connectivity index (χ2v) is 5.63. The molecule has 3 rings (SSSR count). The molecule has 0 aliphatic carbocycles. The molecule has 0 spiro atoms. The standard InChI is InChI=1S/C15H15FN4S/c1-2-17-10-11-7-12(16)9-13(8-11)21-15-19-18-14-5-3-4-6-20(14)15/h3-9,17H,2,10H2,1H3. The molecule has 4 nitrogen and oxygen atoms in total. The van der Waals surface area contributed by atoms with Crippen molar-refractivity contribution in [2.45, 2.75) is 23.5 Å². The average Bonchev–Trinajstić information content (AvgIpc) is 2.88. The smallest absolute Gasteiger partial charge is 0.200 e. The van der Waals surface area contributed by atoms with Crippen molar-refractivity contribution < 1.29 is 4.39 Å². The number of hydrogen-bond acceptors (Lipinski definition) is 4. The number of halogens is 1. The Hall–Kier alpha value is -1.92. The summed E-state index contributed by atoms with van der Waals surface area (Å²) in [6.07, 6.45) is 1.90. The SMILES string of the molecule is CCNCc1cc(F)cc(Sc2nnc3ccccn23)c1. The summed E-state index contributed by atoms with van der Waals surface area (Å²) in [5.41, 5.74) is 1.71. The van der Waals surface area contributed by atoms with Crippen LogP contribution < -0.4 is 5.32 Å². The molecular weight excluding hydrogens is 287 g/mol. The lowest BCUT2D eigenvalue weighted by molar-refractivity contribution is 0.617. The Morgan fingerprint density at radius 1 is 1.24 bits per heavy atom. The molecule has 6 heteroatoms. The first-order chi connectivity index (χ1) is 10.3. The maximum atomic E-state index is 13.7. The molecule has 1 N–H and O–H groups in total. The van der Waals surface area contributed by atoms with E-state index in [0.717, 1.165) is 27.8 Å². The summed E-state index contributed by atoms with van der Waals surface area (Å²) in [6, 6.07) is 10.8. The third-order valence-electron chi connectivity index (χ3n) is 3.00. The van der Waals surface area contributed by atoms with Gasteiger partial charge in [-0.05, 0) is 54.2 Å². The topological polar surface area (TPSA) is 42.2 Å². The molecule has 0 aliphatic rings. The summed E-state index contributed by atoms with van der Waals surface area (Å²) in [4.78, 5) is 0.820. The minimum Gasteiger partial charge on any atom is -0.313 e. The molecule has 21 heavy (non-hydrogen) atoms. The average molecular weight is 302 g/mol. The van der Waals surface area contributed by atoms with Crippen molar-refractivity contribution in [2.75, 3.05) is 6.54 Å². The fraction of sp³-hybridized carbons (Fsp3) is 0.200. The number of rotatable bonds is 5. The van der Waals surface area contributed by atoms with Crippen LogP contribution >= 0.6 is 11.8 Å². The number of nitrogens with zero attached hydrogens (tertiary/aromatic N) is 3. The van der Waals surface area contributed by atoms with Gasteiger partial charge < -0.3 is 5.32 Å². The van der Waals surface area contributed by atoms with E-state index in [2.05, 4.69) is 15.5 Å². The number of fused-ring (bicyclic) bond motifs is 1. The second kappa shape index (κ2) is 6.24. The predicted molar refractivity (Wildman–Crippen MR) is 80.9 cm³/mol. The van der Waals surface area contributed by atoms with Crippen LogP contribution in [0, 0.1) is 5.82 Å². The molecule has 0 saturated heterocycles. The quantitative estimate of drug-likeness (QED) is 0.786. The molecule has 0 unspecified atom stereocenters. The Bertz CT molecular complexity index is 756. The fourth-order valence-electron chi connectivity index (χ4n) is 2.05. The van der Waals surface area contributed by atoms with Crippen molar-refractivity contribution in [2.24, 2.45) is 0 Å². The minimum absolute atomic E-state index is 0.235. The normalized spacial score (nSPS) is 11.1. The molecule has 0 saturated carbocycles. The maximum Gasteiger partial charge on any atom is 0.200 e. The van der Waals surface area contributed by atoms with E-state index in [1.54, 1.807) is 6.07 Å². The molecule has 108 valence electrons. The highest BCUT2D eigenvalue weighted by Crippen LogP contribution is 2.28. The van der Waals surface area contributed by atoms with E-state index in [9.17, 15) is 4.39 Å². The molecule has 0 radical (unpaired) electrons. The van der Waals surface area contributed by atoms with Crippen LogP contribution in [-0.4, -0.2) is 21.1 Å². The molecule has 0 fully saturated rings. The van der Waals surface area contributed by atoms with Gasteiger partial charge in [-0.1, -0.05) is 13.0 Å². The Balaban J connectivity index is 1.88. The molecule has 2 heterocycles. The summed E-state index contributed by atoms with van der Waals surface area (Å²) in [6.45, 7) is 3.54. The largest absolute Gasteiger partial charge is 0.313 e. The summed E-state index contributed by atoms with van der Waals surface area (Å²) >= 11 is 1.41. The molecule has 3 aromatic rings. The van der Waals surface area contributed by atoms with Crippen LogP contribution in [0.25, 0.3) is 5.65 Å². The third kappa shape index (κ3) is 3.22. The zero-order chi connectivity index (χ0) is 14.7. The molecule has 1 aromatic carbocycles. The van der Waals surface area contributed by atoms with Crippen molar-refractivity contribution in [3.63, 3.8) is 0 Å². The zero-order valence-electron chi connectivity index (χ0n) is 11.6. The lowest BCUT2D eigenvalue weighted by Gasteiger charge is -2.06. The van der Waals surface area contributed by atoms with Gasteiger partial charge in [0.25, 0.3) is 0 Å². The van der Waals surface area contributed by atoms with E-state index in [1.807, 2.05) is 41.8 Å². The van der Waals surface area contributed by atoms with Crippen molar-refractivity contribution in [3.05, 3.63) is 54.0 Å². The van der Waals surface area contributed by atoms with Gasteiger partial charge >= 0.3 is 0 Å². The van der Waals surface area contributed by atoms with Gasteiger partial charge in [0.05, 0.1) is 0 Å². The van der Waals surface area contributed by atoms with Crippen molar-refractivity contribution in [1.82, 2.24) is 19.9 Å². The van der Waals surface area contributed by atoms with Crippen LogP contribution in [0.1, 0.15) is 12.5 Å². The lowest BCUT2D eigenvalue weighted by atomic mass is 10.2. The van der Waals surface area contributed by atoms with Gasteiger partial charge in [-0.3, -0.25) is 4.40 Å². The first-order valence-corrected chi connectivity index (χ1v) is 7.55. The number of pyridine rings is 1. The molecule has 0 amide bonds. The Labute approximate surface area is 126 Å². The highest BCUT2D eigenvalue weighted by atomic mass is 32.2. The van der Waals surface area contributed by atoms with Gasteiger partial charge in [0.1, 0.15) is 5.82 Å². The van der Waals surface area contributed by atoms with E-state index < -0.39 is 0 Å². The summed E-state index contributed by atoms with van der Waals surface area (Å²) in [5, 5.41) is 12.2. The maximum absolute atomic E-state index is 13.7. The van der Waals surface area contributed by atoms with Crippen LogP contribution in [0.15, 0.2) is 52.6 Å². The second-order valence-electron chi connectivity index (χ2n) is 4.59. The van der Waals surface area contributed by atoms with Gasteiger partial charge in [-0.25, -0.2) is 4.39 Å². The number of hydrogen-bond donors (Lipinski definition) is 1. The van der Waals surface area contributed by atoms with Crippen molar-refractivity contribution in [3.8, 4) is 0 Å². The number of benzene rings is 1. The highest BCUT2D eigenvalue weighted by Gasteiger charge is 2.08. The Morgan fingerprint density at radius 2 is 2.14 bits per heavy atom. The first-order valence-electron chi connectivity index (χ1n) is 6.74. The molecule has 0 aliphatic heterocycles. The van der Waals surface area contributed by atoms with E-state index in [0.29, 0.717) is 6.54 Å². The summed E-state index contributed by atoms with van der Waals surface area (Å²) < 4.78 is 15.6. The molecule has 2 aromatic heterocycles. The minimum atomic E-state index is -0.235. The molecular formula is C15H15FN4S. The van der Waals surface area contributed by atoms with E-state index in [4.69, 9.17) is 0 Å². The lowest BCUT2D eigenvalue weighted by Crippen LogP contribution is -2.11. The van der Waals surface area contributed by atoms with E-state index in [1.165, 1.54) is 17.8 Å². The van der Waals surface area contributed by atoms with Crippen LogP contribution in [0.5, 0.6) is 0 Å². The van der Waals surface area contributed by atoms with Crippen molar-refractivity contribution in [1.29, 1.82) is 0 Å². The summed E-state index contributed by atoms with van der Waals surface area (Å²) in [5.74, 6) is -0.235. The predicted octanol–water partition coefficient (Wildman–Crippen LogP) is 3.13. The first kappa shape index (κ1) is 14.0. The van der Waals surface area contributed by atoms with Crippen LogP contribution in [0.2, 0.25) is 0 Å². The molecule has 0 bridgehead atoms. The van der Waals surface area contributed by atoms with Gasteiger partial charge in [-0.15, -0.1) is 10.2 Å². The monoisotopic (exact) mass is 302 g/mol. The Kier molecular flexibility index (Phi) is 4.17. The van der Waals surface area contributed by atoms with Gasteiger partial charge in [-0.2, -0.15) is 0 Å². The van der Waals surface area contributed by atoms with Crippen molar-refractivity contribution >= 4 is 17.4 Å². The fourth-order valence-corrected chi connectivity index (χ4v) is 2.97. The molecule has 0 atom stereocenters. The van der Waals surface area contributed by atoms with Gasteiger partial charge in [0.15, 0.2) is 10.8 Å². The van der Waals surface area contributed by atoms with E-state index >= 15 is 0 Å². The van der Waals surface area contributed by atoms with Crippen LogP contribution in [0.3, 0.4) is 0 Å². The number of aromatic nitrogens is 3. The van der Waals surface area contributed by atoms with Gasteiger partial charge in [0, 0.05) is 17.6 Å². The highest BCUT2D eigenvalue weighted by molar-refractivity contribution is 7.99. The van der Waals surface area contributed by atoms with Crippen LogP contribution in [0.4, 0.5) is 4.39 Å². The summed E-state index contributed by atoms with van der Waals surface area (Å²) in [7, 11) is 0. The van der Waals surface area contributed by atoms with Gasteiger partial charge in [0.2, 0.25) is 0 Å². The zero-order valence-corrected chi connectivity index (χ0v) is 12.4. The van der Waals surface area contributed by atoms with Crippen LogP contribution in [-0.2, 0) is 6.54 Å². The van der Waals surface area contributed by atoms with E-state index in [-0.39, 0.29) is 5.82 Å². The Morgan fingerprint density at radius 3 is 3.00 bits per heavy atom. The number of nitrogens with one attached hydrogen (secondary N) is 1. The third-order valence-corrected chi connectivity index (χ3v) is 3.93.